The van der Waals surface area contributed by atoms with Crippen molar-refractivity contribution in [1.82, 2.24) is 4.57 Å². The van der Waals surface area contributed by atoms with E-state index in [0.29, 0.717) is 6.54 Å². The molecule has 0 amide bonds. The molecule has 0 aliphatic carbocycles. The molecule has 0 N–H and O–H groups in total. The van der Waals surface area contributed by atoms with Gasteiger partial charge in [-0.15, -0.1) is 0 Å². The van der Waals surface area contributed by atoms with Crippen LogP contribution >= 0.6 is 0 Å². The Balaban J connectivity index is 2.62. The summed E-state index contributed by atoms with van der Waals surface area (Å²) in [5.41, 5.74) is 2.48. The van der Waals surface area contributed by atoms with E-state index in [-0.39, 0.29) is 6.67 Å². The first-order valence-corrected chi connectivity index (χ1v) is 4.99. The molecule has 0 saturated heterocycles. The van der Waals surface area contributed by atoms with Crippen LogP contribution < -0.4 is 0 Å². The van der Waals surface area contributed by atoms with Crippen LogP contribution in [0.25, 0.3) is 10.9 Å². The fourth-order valence-electron chi connectivity index (χ4n) is 1.90. The minimum absolute atomic E-state index is 0.304. The lowest BCUT2D eigenvalue weighted by atomic mass is 10.1. The Morgan fingerprint density at radius 3 is 2.86 bits per heavy atom. The summed E-state index contributed by atoms with van der Waals surface area (Å²) in [6.07, 6.45) is 2.96. The molecule has 0 fully saturated rings. The molecule has 74 valence electrons. The van der Waals surface area contributed by atoms with Gasteiger partial charge in [0, 0.05) is 6.20 Å². The normalized spacial score (nSPS) is 11.0. The maximum atomic E-state index is 12.3. The Hall–Kier alpha value is -1.31. The van der Waals surface area contributed by atoms with Crippen molar-refractivity contribution in [1.29, 1.82) is 0 Å². The van der Waals surface area contributed by atoms with Gasteiger partial charge in [0.15, 0.2) is 0 Å². The van der Waals surface area contributed by atoms with Crippen LogP contribution in [0.1, 0.15) is 12.5 Å². The summed E-state index contributed by atoms with van der Waals surface area (Å²) < 4.78 is 14.3. The number of hydrogen-bond acceptors (Lipinski definition) is 0. The third kappa shape index (κ3) is 1.41. The number of aromatic nitrogens is 1. The van der Waals surface area contributed by atoms with E-state index in [9.17, 15) is 4.39 Å². The van der Waals surface area contributed by atoms with Crippen molar-refractivity contribution in [3.05, 3.63) is 36.0 Å². The molecule has 1 nitrogen and oxygen atoms in total. The quantitative estimate of drug-likeness (QED) is 0.702. The van der Waals surface area contributed by atoms with E-state index in [2.05, 4.69) is 25.1 Å². The Kier molecular flexibility index (Phi) is 2.53. The summed E-state index contributed by atoms with van der Waals surface area (Å²) in [7, 11) is 0. The molecule has 2 aromatic rings. The van der Waals surface area contributed by atoms with E-state index in [4.69, 9.17) is 0 Å². The number of rotatable bonds is 3. The average Bonchev–Trinajstić information content (AvgIpc) is 2.62. The number of nitrogens with zero attached hydrogens (tertiary/aromatic N) is 1. The highest BCUT2D eigenvalue weighted by Crippen LogP contribution is 2.20. The van der Waals surface area contributed by atoms with Gasteiger partial charge in [-0.3, -0.25) is 0 Å². The smallest absolute Gasteiger partial charge is 0.107 e. The molecule has 0 bridgehead atoms. The van der Waals surface area contributed by atoms with Crippen LogP contribution in [0, 0.1) is 0 Å². The average molecular weight is 191 g/mol. The predicted octanol–water partition coefficient (Wildman–Crippen LogP) is 3.17. The van der Waals surface area contributed by atoms with Gasteiger partial charge in [-0.2, -0.15) is 0 Å². The van der Waals surface area contributed by atoms with Gasteiger partial charge in [-0.05, 0) is 23.4 Å². The highest BCUT2D eigenvalue weighted by molar-refractivity contribution is 5.83. The number of alkyl halides is 1. The fourth-order valence-corrected chi connectivity index (χ4v) is 1.90. The summed E-state index contributed by atoms with van der Waals surface area (Å²) in [5, 5.41) is 1.21. The summed E-state index contributed by atoms with van der Waals surface area (Å²) in [4.78, 5) is 0. The minimum atomic E-state index is -0.304. The summed E-state index contributed by atoms with van der Waals surface area (Å²) in [6.45, 7) is 2.28. The molecule has 0 unspecified atom stereocenters. The van der Waals surface area contributed by atoms with Crippen LogP contribution in [0.15, 0.2) is 30.5 Å². The second-order valence-corrected chi connectivity index (χ2v) is 3.41. The van der Waals surface area contributed by atoms with Crippen LogP contribution in [0.2, 0.25) is 0 Å². The molecule has 0 aliphatic rings. The van der Waals surface area contributed by atoms with Crippen LogP contribution in [0.4, 0.5) is 4.39 Å². The lowest BCUT2D eigenvalue weighted by molar-refractivity contribution is 0.450. The van der Waals surface area contributed by atoms with Crippen LogP contribution in [0.5, 0.6) is 0 Å². The van der Waals surface area contributed by atoms with Crippen molar-refractivity contribution in [2.24, 2.45) is 0 Å². The first-order chi connectivity index (χ1) is 6.86. The number of halogens is 1. The molecule has 1 aromatic carbocycles. The van der Waals surface area contributed by atoms with Crippen molar-refractivity contribution < 1.29 is 4.39 Å². The van der Waals surface area contributed by atoms with Gasteiger partial charge in [-0.25, -0.2) is 4.39 Å². The lowest BCUT2D eigenvalue weighted by Crippen LogP contribution is -1.99. The Morgan fingerprint density at radius 2 is 2.14 bits per heavy atom. The van der Waals surface area contributed by atoms with Crippen molar-refractivity contribution in [3.63, 3.8) is 0 Å². The standard InChI is InChI=1S/C12H14FN/c1-2-10-4-3-5-11-6-8-14(9-7-13)12(10)11/h3-6,8H,2,7,9H2,1H3. The molecule has 2 rings (SSSR count). The van der Waals surface area contributed by atoms with Crippen LogP contribution in [0.3, 0.4) is 0 Å². The van der Waals surface area contributed by atoms with E-state index >= 15 is 0 Å². The maximum absolute atomic E-state index is 12.3. The van der Waals surface area contributed by atoms with Crippen molar-refractivity contribution >= 4 is 10.9 Å². The van der Waals surface area contributed by atoms with Gasteiger partial charge in [0.25, 0.3) is 0 Å². The maximum Gasteiger partial charge on any atom is 0.107 e. The van der Waals surface area contributed by atoms with Gasteiger partial charge < -0.3 is 4.57 Å². The third-order valence-corrected chi connectivity index (χ3v) is 2.58. The molecule has 1 aromatic heterocycles. The summed E-state index contributed by atoms with van der Waals surface area (Å²) in [5.74, 6) is 0. The Labute approximate surface area is 83.2 Å². The highest BCUT2D eigenvalue weighted by atomic mass is 19.1. The molecule has 14 heavy (non-hydrogen) atoms. The van der Waals surface area contributed by atoms with Crippen LogP contribution in [-0.4, -0.2) is 11.2 Å². The molecule has 0 atom stereocenters. The third-order valence-electron chi connectivity index (χ3n) is 2.58. The zero-order chi connectivity index (χ0) is 9.97. The topological polar surface area (TPSA) is 4.93 Å². The van der Waals surface area contributed by atoms with E-state index in [1.807, 2.05) is 16.8 Å². The first kappa shape index (κ1) is 9.25. The first-order valence-electron chi connectivity index (χ1n) is 4.99. The van der Waals surface area contributed by atoms with Gasteiger partial charge >= 0.3 is 0 Å². The molecule has 0 radical (unpaired) electrons. The SMILES string of the molecule is CCc1cccc2ccn(CCF)c12. The zero-order valence-corrected chi connectivity index (χ0v) is 8.33. The summed E-state index contributed by atoms with van der Waals surface area (Å²) in [6, 6.07) is 8.28. The molecular formula is C12H14FN. The number of para-hydroxylation sites is 1. The van der Waals surface area contributed by atoms with E-state index in [1.54, 1.807) is 0 Å². The van der Waals surface area contributed by atoms with Gasteiger partial charge in [-0.1, -0.05) is 25.1 Å². The van der Waals surface area contributed by atoms with Crippen molar-refractivity contribution in [2.45, 2.75) is 19.9 Å². The second-order valence-electron chi connectivity index (χ2n) is 3.41. The highest BCUT2D eigenvalue weighted by Gasteiger charge is 2.04. The van der Waals surface area contributed by atoms with E-state index < -0.39 is 0 Å². The molecule has 0 aliphatic heterocycles. The van der Waals surface area contributed by atoms with Crippen LogP contribution in [-0.2, 0) is 13.0 Å². The fraction of sp³-hybridized carbons (Fsp3) is 0.333. The van der Waals surface area contributed by atoms with E-state index in [0.717, 1.165) is 6.42 Å². The van der Waals surface area contributed by atoms with Gasteiger partial charge in [0.2, 0.25) is 0 Å². The molecular weight excluding hydrogens is 177 g/mol. The van der Waals surface area contributed by atoms with E-state index in [1.165, 1.54) is 16.5 Å². The zero-order valence-electron chi connectivity index (χ0n) is 8.33. The molecule has 2 heteroatoms. The number of hydrogen-bond donors (Lipinski definition) is 0. The predicted molar refractivity (Wildman–Crippen MR) is 57.3 cm³/mol. The molecule has 0 saturated carbocycles. The minimum Gasteiger partial charge on any atom is -0.345 e. The molecule has 0 spiro atoms. The molecule has 1 heterocycles. The number of fused-ring (bicyclic) bond motifs is 1. The van der Waals surface area contributed by atoms with Gasteiger partial charge in [0.1, 0.15) is 6.67 Å². The van der Waals surface area contributed by atoms with Crippen molar-refractivity contribution in [3.8, 4) is 0 Å². The summed E-state index contributed by atoms with van der Waals surface area (Å²) >= 11 is 0. The van der Waals surface area contributed by atoms with Gasteiger partial charge in [0.05, 0.1) is 12.1 Å². The Bertz CT molecular complexity index is 431. The lowest BCUT2D eigenvalue weighted by Gasteiger charge is -2.06. The Morgan fingerprint density at radius 1 is 1.29 bits per heavy atom. The van der Waals surface area contributed by atoms with Crippen molar-refractivity contribution in [2.75, 3.05) is 6.67 Å². The largest absolute Gasteiger partial charge is 0.345 e. The second kappa shape index (κ2) is 3.82. The monoisotopic (exact) mass is 191 g/mol. The number of benzene rings is 1. The number of aryl methyl sites for hydroxylation is 2.